The second-order valence-corrected chi connectivity index (χ2v) is 5.53. The number of hydrogen-bond donors (Lipinski definition) is 0. The topological polar surface area (TPSA) is 86.4 Å². The highest BCUT2D eigenvalue weighted by Crippen LogP contribution is 2.27. The number of benzene rings is 1. The highest BCUT2D eigenvalue weighted by Gasteiger charge is 2.12. The van der Waals surface area contributed by atoms with Gasteiger partial charge in [0.1, 0.15) is 11.6 Å². The molecule has 26 heavy (non-hydrogen) atoms. The molecule has 0 saturated carbocycles. The van der Waals surface area contributed by atoms with Crippen molar-refractivity contribution in [3.05, 3.63) is 58.0 Å². The monoisotopic (exact) mass is 351 g/mol. The third-order valence-electron chi connectivity index (χ3n) is 4.04. The van der Waals surface area contributed by atoms with Crippen LogP contribution in [0.4, 0.5) is 0 Å². The summed E-state index contributed by atoms with van der Waals surface area (Å²) in [6.45, 7) is 0.350. The summed E-state index contributed by atoms with van der Waals surface area (Å²) in [6.07, 6.45) is 1.67. The Hall–Kier alpha value is -3.53. The number of nitrogens with zero attached hydrogens (tertiary/aromatic N) is 3. The maximum Gasteiger partial charge on any atom is 0.260 e. The number of aromatic nitrogens is 2. The summed E-state index contributed by atoms with van der Waals surface area (Å²) in [6, 6.07) is 10.7. The van der Waals surface area contributed by atoms with Gasteiger partial charge in [0.2, 0.25) is 5.88 Å². The van der Waals surface area contributed by atoms with Gasteiger partial charge in [0.05, 0.1) is 38.8 Å². The average Bonchev–Trinajstić information content (AvgIpc) is 2.69. The van der Waals surface area contributed by atoms with Crippen LogP contribution in [0.25, 0.3) is 10.9 Å². The molecular formula is C19H17N3O4. The van der Waals surface area contributed by atoms with Crippen molar-refractivity contribution in [2.75, 3.05) is 21.3 Å². The lowest BCUT2D eigenvalue weighted by molar-refractivity contribution is 0.354. The molecular weight excluding hydrogens is 334 g/mol. The number of nitriles is 1. The van der Waals surface area contributed by atoms with Gasteiger partial charge in [0.15, 0.2) is 11.5 Å². The summed E-state index contributed by atoms with van der Waals surface area (Å²) in [4.78, 5) is 17.0. The molecule has 1 aromatic carbocycles. The van der Waals surface area contributed by atoms with Crippen LogP contribution in [0, 0.1) is 11.3 Å². The van der Waals surface area contributed by atoms with Crippen LogP contribution in [0.15, 0.2) is 41.3 Å². The molecule has 0 saturated heterocycles. The smallest absolute Gasteiger partial charge is 0.260 e. The van der Waals surface area contributed by atoms with Crippen molar-refractivity contribution < 1.29 is 14.2 Å². The predicted molar refractivity (Wildman–Crippen MR) is 95.9 cm³/mol. The van der Waals surface area contributed by atoms with Crippen LogP contribution in [0.3, 0.4) is 0 Å². The molecule has 132 valence electrons. The number of pyridine rings is 2. The number of rotatable bonds is 5. The molecule has 7 heteroatoms. The van der Waals surface area contributed by atoms with E-state index < -0.39 is 0 Å². The van der Waals surface area contributed by atoms with Gasteiger partial charge in [-0.2, -0.15) is 5.26 Å². The van der Waals surface area contributed by atoms with Crippen molar-refractivity contribution in [3.63, 3.8) is 0 Å². The molecule has 0 unspecified atom stereocenters. The van der Waals surface area contributed by atoms with Gasteiger partial charge in [-0.1, -0.05) is 6.07 Å². The first-order valence-electron chi connectivity index (χ1n) is 7.80. The Balaban J connectivity index is 2.05. The lowest BCUT2D eigenvalue weighted by Crippen LogP contribution is -2.20. The minimum atomic E-state index is -0.232. The van der Waals surface area contributed by atoms with Gasteiger partial charge in [-0.15, -0.1) is 0 Å². The molecule has 0 spiro atoms. The summed E-state index contributed by atoms with van der Waals surface area (Å²) < 4.78 is 17.2. The highest BCUT2D eigenvalue weighted by molar-refractivity contribution is 5.80. The molecule has 0 fully saturated rings. The van der Waals surface area contributed by atoms with Gasteiger partial charge in [0.25, 0.3) is 5.56 Å². The van der Waals surface area contributed by atoms with Crippen LogP contribution in [0.2, 0.25) is 0 Å². The first kappa shape index (κ1) is 17.3. The molecule has 2 heterocycles. The number of ether oxygens (including phenoxy) is 3. The predicted octanol–water partition coefficient (Wildman–Crippen LogP) is 2.34. The summed E-state index contributed by atoms with van der Waals surface area (Å²) >= 11 is 0. The molecule has 0 aliphatic rings. The van der Waals surface area contributed by atoms with E-state index in [9.17, 15) is 10.1 Å². The van der Waals surface area contributed by atoms with E-state index >= 15 is 0 Å². The molecule has 0 aliphatic carbocycles. The number of methoxy groups -OCH3 is 3. The van der Waals surface area contributed by atoms with E-state index in [1.165, 1.54) is 13.2 Å². The van der Waals surface area contributed by atoms with Crippen LogP contribution in [-0.4, -0.2) is 30.9 Å². The van der Waals surface area contributed by atoms with Gasteiger partial charge in [-0.25, -0.2) is 4.98 Å². The van der Waals surface area contributed by atoms with Gasteiger partial charge < -0.3 is 18.8 Å². The van der Waals surface area contributed by atoms with Gasteiger partial charge >= 0.3 is 0 Å². The molecule has 3 aromatic rings. The first-order valence-corrected chi connectivity index (χ1v) is 7.80. The minimum Gasteiger partial charge on any atom is -0.493 e. The van der Waals surface area contributed by atoms with Gasteiger partial charge in [0, 0.05) is 6.20 Å². The van der Waals surface area contributed by atoms with E-state index in [4.69, 9.17) is 14.2 Å². The van der Waals surface area contributed by atoms with Crippen molar-refractivity contribution in [1.29, 1.82) is 5.26 Å². The molecule has 0 aliphatic heterocycles. The van der Waals surface area contributed by atoms with Crippen molar-refractivity contribution >= 4 is 10.9 Å². The second kappa shape index (κ2) is 7.15. The van der Waals surface area contributed by atoms with E-state index in [1.54, 1.807) is 37.1 Å². The lowest BCUT2D eigenvalue weighted by atomic mass is 10.1. The Bertz CT molecular complexity index is 1070. The summed E-state index contributed by atoms with van der Waals surface area (Å²) in [7, 11) is 4.57. The van der Waals surface area contributed by atoms with Crippen molar-refractivity contribution in [2.45, 2.75) is 6.54 Å². The molecule has 7 nitrogen and oxygen atoms in total. The maximum absolute atomic E-state index is 12.8. The fourth-order valence-electron chi connectivity index (χ4n) is 2.73. The van der Waals surface area contributed by atoms with Crippen LogP contribution in [-0.2, 0) is 6.54 Å². The first-order chi connectivity index (χ1) is 12.6. The highest BCUT2D eigenvalue weighted by atomic mass is 16.5. The normalized spacial score (nSPS) is 10.4. The quantitative estimate of drug-likeness (QED) is 0.701. The Labute approximate surface area is 150 Å². The fourth-order valence-corrected chi connectivity index (χ4v) is 2.73. The zero-order chi connectivity index (χ0) is 18.7. The summed E-state index contributed by atoms with van der Waals surface area (Å²) in [5.74, 6) is 1.42. The summed E-state index contributed by atoms with van der Waals surface area (Å²) in [5.41, 5.74) is 1.35. The standard InChI is InChI=1S/C19H17N3O4/c1-24-16-5-4-12(8-17(16)25-2)11-22-7-6-15-14(19(22)23)9-13(10-20)18(21-15)26-3/h4-9H,11H2,1-3H3. The lowest BCUT2D eigenvalue weighted by Gasteiger charge is -2.11. The van der Waals surface area contributed by atoms with E-state index in [0.717, 1.165) is 5.56 Å². The third kappa shape index (κ3) is 3.05. The molecule has 0 N–H and O–H groups in total. The zero-order valence-corrected chi connectivity index (χ0v) is 14.6. The van der Waals surface area contributed by atoms with E-state index in [1.807, 2.05) is 18.2 Å². The Kier molecular flexibility index (Phi) is 4.76. The SMILES string of the molecule is COc1ccc(Cn2ccc3nc(OC)c(C#N)cc3c2=O)cc1OC. The molecule has 2 aromatic heterocycles. The van der Waals surface area contributed by atoms with Gasteiger partial charge in [-0.05, 0) is 29.8 Å². The van der Waals surface area contributed by atoms with Crippen LogP contribution in [0.5, 0.6) is 17.4 Å². The molecule has 0 radical (unpaired) electrons. The molecule has 0 atom stereocenters. The number of fused-ring (bicyclic) bond motifs is 1. The summed E-state index contributed by atoms with van der Waals surface area (Å²) in [5, 5.41) is 9.57. The van der Waals surface area contributed by atoms with Crippen molar-refractivity contribution in [3.8, 4) is 23.4 Å². The van der Waals surface area contributed by atoms with Crippen LogP contribution >= 0.6 is 0 Å². The van der Waals surface area contributed by atoms with Gasteiger partial charge in [-0.3, -0.25) is 4.79 Å². The minimum absolute atomic E-state index is 0.206. The molecule has 0 bridgehead atoms. The molecule has 3 rings (SSSR count). The van der Waals surface area contributed by atoms with E-state index in [2.05, 4.69) is 4.98 Å². The largest absolute Gasteiger partial charge is 0.493 e. The molecule has 0 amide bonds. The zero-order valence-electron chi connectivity index (χ0n) is 14.6. The fraction of sp³-hybridized carbons (Fsp3) is 0.211. The van der Waals surface area contributed by atoms with Crippen LogP contribution < -0.4 is 19.8 Å². The second-order valence-electron chi connectivity index (χ2n) is 5.53. The van der Waals surface area contributed by atoms with Crippen molar-refractivity contribution in [2.24, 2.45) is 0 Å². The van der Waals surface area contributed by atoms with E-state index in [0.29, 0.717) is 28.9 Å². The average molecular weight is 351 g/mol. The third-order valence-corrected chi connectivity index (χ3v) is 4.04. The van der Waals surface area contributed by atoms with Crippen molar-refractivity contribution in [1.82, 2.24) is 9.55 Å². The maximum atomic E-state index is 12.8. The Morgan fingerprint density at radius 3 is 2.50 bits per heavy atom. The number of hydrogen-bond acceptors (Lipinski definition) is 6. The Morgan fingerprint density at radius 2 is 1.85 bits per heavy atom. The van der Waals surface area contributed by atoms with Crippen LogP contribution in [0.1, 0.15) is 11.1 Å². The Morgan fingerprint density at radius 1 is 1.08 bits per heavy atom. The van der Waals surface area contributed by atoms with E-state index in [-0.39, 0.29) is 17.0 Å².